The van der Waals surface area contributed by atoms with E-state index in [0.717, 1.165) is 11.1 Å². The number of imidazole rings is 1. The molecule has 1 heterocycles. The van der Waals surface area contributed by atoms with Gasteiger partial charge in [-0.1, -0.05) is 6.07 Å². The molecule has 0 saturated carbocycles. The highest BCUT2D eigenvalue weighted by Gasteiger charge is 2.14. The van der Waals surface area contributed by atoms with Crippen molar-refractivity contribution in [3.05, 3.63) is 53.6 Å². The lowest BCUT2D eigenvalue weighted by Gasteiger charge is -2.11. The summed E-state index contributed by atoms with van der Waals surface area (Å²) in [7, 11) is 0. The first-order valence-corrected chi connectivity index (χ1v) is 6.24. The molecule has 0 unspecified atom stereocenters. The van der Waals surface area contributed by atoms with E-state index < -0.39 is 0 Å². The molecule has 0 aliphatic rings. The Morgan fingerprint density at radius 2 is 2.05 bits per heavy atom. The molecule has 3 aromatic rings. The number of aryl methyl sites for hydroxylation is 1. The molecule has 0 radical (unpaired) electrons. The molecule has 1 aromatic heterocycles. The van der Waals surface area contributed by atoms with E-state index in [1.807, 2.05) is 13.0 Å². The van der Waals surface area contributed by atoms with E-state index in [1.165, 1.54) is 12.1 Å². The quantitative estimate of drug-likeness (QED) is 0.704. The fourth-order valence-electron chi connectivity index (χ4n) is 2.35. The van der Waals surface area contributed by atoms with Gasteiger partial charge in [-0.2, -0.15) is 0 Å². The summed E-state index contributed by atoms with van der Waals surface area (Å²) >= 11 is 0. The number of aliphatic hydroxyl groups is 1. The van der Waals surface area contributed by atoms with Crippen LogP contribution in [0.3, 0.4) is 0 Å². The van der Waals surface area contributed by atoms with Crippen LogP contribution in [0.5, 0.6) is 0 Å². The van der Waals surface area contributed by atoms with Gasteiger partial charge in [-0.25, -0.2) is 9.37 Å². The van der Waals surface area contributed by atoms with E-state index >= 15 is 0 Å². The topological polar surface area (TPSA) is 64.1 Å². The average molecular weight is 271 g/mol. The zero-order valence-corrected chi connectivity index (χ0v) is 11.0. The lowest BCUT2D eigenvalue weighted by molar-refractivity contribution is 0.270. The minimum Gasteiger partial charge on any atom is -0.399 e. The fraction of sp³-hybridized carbons (Fsp3) is 0.133. The number of nitrogens with zero attached hydrogens (tertiary/aromatic N) is 2. The van der Waals surface area contributed by atoms with Crippen LogP contribution >= 0.6 is 0 Å². The molecule has 0 saturated heterocycles. The van der Waals surface area contributed by atoms with E-state index in [0.29, 0.717) is 22.7 Å². The lowest BCUT2D eigenvalue weighted by Crippen LogP contribution is -2.03. The summed E-state index contributed by atoms with van der Waals surface area (Å²) in [5.74, 6) is 0.131. The molecule has 0 spiro atoms. The average Bonchev–Trinajstić information content (AvgIpc) is 2.78. The van der Waals surface area contributed by atoms with Gasteiger partial charge in [0.15, 0.2) is 0 Å². The van der Waals surface area contributed by atoms with E-state index in [-0.39, 0.29) is 12.4 Å². The lowest BCUT2D eigenvalue weighted by atomic mass is 10.2. The Kier molecular flexibility index (Phi) is 2.91. The number of fused-ring (bicyclic) bond motifs is 1. The third-order valence-corrected chi connectivity index (χ3v) is 3.30. The van der Waals surface area contributed by atoms with E-state index in [9.17, 15) is 9.50 Å². The summed E-state index contributed by atoms with van der Waals surface area (Å²) in [6.07, 6.45) is 0. The second-order valence-corrected chi connectivity index (χ2v) is 4.70. The van der Waals surface area contributed by atoms with Crippen molar-refractivity contribution in [2.75, 3.05) is 5.73 Å². The van der Waals surface area contributed by atoms with Crippen molar-refractivity contribution in [3.63, 3.8) is 0 Å². The molecule has 4 nitrogen and oxygen atoms in total. The Morgan fingerprint density at radius 1 is 1.25 bits per heavy atom. The number of nitrogens with two attached hydrogens (primary N) is 1. The van der Waals surface area contributed by atoms with Crippen molar-refractivity contribution in [2.45, 2.75) is 13.5 Å². The third-order valence-electron chi connectivity index (χ3n) is 3.30. The first-order chi connectivity index (χ1) is 9.60. The number of rotatable bonds is 2. The molecule has 0 bridgehead atoms. The maximum absolute atomic E-state index is 13.5. The molecule has 0 atom stereocenters. The van der Waals surface area contributed by atoms with E-state index in [2.05, 4.69) is 4.98 Å². The second kappa shape index (κ2) is 4.61. The van der Waals surface area contributed by atoms with Gasteiger partial charge in [-0.15, -0.1) is 0 Å². The van der Waals surface area contributed by atoms with E-state index in [4.69, 9.17) is 5.73 Å². The molecule has 2 aromatic carbocycles. The van der Waals surface area contributed by atoms with Gasteiger partial charge in [0.2, 0.25) is 0 Å². The van der Waals surface area contributed by atoms with Crippen LogP contribution < -0.4 is 5.73 Å². The molecule has 0 aliphatic carbocycles. The number of hydrogen-bond donors (Lipinski definition) is 2. The SMILES string of the molecule is Cc1ccc(F)cc1-n1c(CO)nc2cc(N)ccc21. The summed E-state index contributed by atoms with van der Waals surface area (Å²) in [5, 5.41) is 9.50. The molecular weight excluding hydrogens is 257 g/mol. The zero-order chi connectivity index (χ0) is 14.3. The molecule has 0 fully saturated rings. The van der Waals surface area contributed by atoms with Crippen LogP contribution in [0.15, 0.2) is 36.4 Å². The second-order valence-electron chi connectivity index (χ2n) is 4.70. The predicted octanol–water partition coefficient (Wildman–Crippen LogP) is 2.55. The van der Waals surface area contributed by atoms with Crippen LogP contribution in [0.25, 0.3) is 16.7 Å². The monoisotopic (exact) mass is 271 g/mol. The molecule has 0 aliphatic heterocycles. The molecule has 20 heavy (non-hydrogen) atoms. The molecule has 102 valence electrons. The van der Waals surface area contributed by atoms with Gasteiger partial charge in [0.05, 0.1) is 16.7 Å². The first kappa shape index (κ1) is 12.6. The maximum Gasteiger partial charge on any atom is 0.140 e. The smallest absolute Gasteiger partial charge is 0.140 e. The number of anilines is 1. The fourth-order valence-corrected chi connectivity index (χ4v) is 2.35. The minimum atomic E-state index is -0.327. The third kappa shape index (κ3) is 1.92. The van der Waals surface area contributed by atoms with Crippen LogP contribution in [0.1, 0.15) is 11.4 Å². The van der Waals surface area contributed by atoms with Crippen molar-refractivity contribution in [3.8, 4) is 5.69 Å². The minimum absolute atomic E-state index is 0.232. The van der Waals surface area contributed by atoms with E-state index in [1.54, 1.807) is 22.8 Å². The number of benzene rings is 2. The van der Waals surface area contributed by atoms with Crippen LogP contribution in [-0.2, 0) is 6.61 Å². The highest BCUT2D eigenvalue weighted by Crippen LogP contribution is 2.26. The number of hydrogen-bond acceptors (Lipinski definition) is 3. The highest BCUT2D eigenvalue weighted by molar-refractivity contribution is 5.81. The summed E-state index contributed by atoms with van der Waals surface area (Å²) < 4.78 is 15.3. The number of aromatic nitrogens is 2. The Morgan fingerprint density at radius 3 is 2.80 bits per heavy atom. The van der Waals surface area contributed by atoms with Gasteiger partial charge < -0.3 is 10.8 Å². The van der Waals surface area contributed by atoms with Crippen LogP contribution in [0.4, 0.5) is 10.1 Å². The normalized spacial score (nSPS) is 11.2. The van der Waals surface area contributed by atoms with Crippen molar-refractivity contribution in [1.29, 1.82) is 0 Å². The van der Waals surface area contributed by atoms with Crippen molar-refractivity contribution in [1.82, 2.24) is 9.55 Å². The van der Waals surface area contributed by atoms with Crippen LogP contribution in [-0.4, -0.2) is 14.7 Å². The molecule has 3 N–H and O–H groups in total. The van der Waals surface area contributed by atoms with Crippen molar-refractivity contribution < 1.29 is 9.50 Å². The first-order valence-electron chi connectivity index (χ1n) is 6.24. The van der Waals surface area contributed by atoms with Crippen LogP contribution in [0.2, 0.25) is 0 Å². The summed E-state index contributed by atoms with van der Waals surface area (Å²) in [6, 6.07) is 9.87. The Balaban J connectivity index is 2.37. The van der Waals surface area contributed by atoms with Gasteiger partial charge in [-0.05, 0) is 42.8 Å². The Hall–Kier alpha value is -2.40. The van der Waals surface area contributed by atoms with Crippen molar-refractivity contribution in [2.24, 2.45) is 0 Å². The van der Waals surface area contributed by atoms with Gasteiger partial charge in [-0.3, -0.25) is 4.57 Å². The number of halogens is 1. The highest BCUT2D eigenvalue weighted by atomic mass is 19.1. The number of nitrogen functional groups attached to an aromatic ring is 1. The Labute approximate surface area is 115 Å². The van der Waals surface area contributed by atoms with Crippen LogP contribution in [0, 0.1) is 12.7 Å². The molecular formula is C15H14FN3O. The summed E-state index contributed by atoms with van der Waals surface area (Å²) in [5.41, 5.74) is 9.38. The van der Waals surface area contributed by atoms with Crippen molar-refractivity contribution >= 4 is 16.7 Å². The number of aliphatic hydroxyl groups excluding tert-OH is 1. The maximum atomic E-state index is 13.5. The Bertz CT molecular complexity index is 795. The zero-order valence-electron chi connectivity index (χ0n) is 11.0. The molecule has 0 amide bonds. The summed E-state index contributed by atoms with van der Waals surface area (Å²) in [4.78, 5) is 4.35. The molecule has 3 rings (SSSR count). The molecule has 5 heteroatoms. The standard InChI is InChI=1S/C15H14FN3O/c1-9-2-3-10(16)6-14(9)19-13-5-4-11(17)7-12(13)18-15(19)8-20/h2-7,20H,8,17H2,1H3. The van der Waals surface area contributed by atoms with Gasteiger partial charge in [0, 0.05) is 5.69 Å². The van der Waals surface area contributed by atoms with Gasteiger partial charge in [0.25, 0.3) is 0 Å². The summed E-state index contributed by atoms with van der Waals surface area (Å²) in [6.45, 7) is 1.66. The van der Waals surface area contributed by atoms with Gasteiger partial charge in [0.1, 0.15) is 18.2 Å². The van der Waals surface area contributed by atoms with Gasteiger partial charge >= 0.3 is 0 Å². The largest absolute Gasteiger partial charge is 0.399 e. The predicted molar refractivity (Wildman–Crippen MR) is 76.1 cm³/mol.